The molecule has 0 radical (unpaired) electrons. The van der Waals surface area contributed by atoms with Crippen molar-refractivity contribution in [2.45, 2.75) is 26.8 Å². The van der Waals surface area contributed by atoms with Gasteiger partial charge in [0.1, 0.15) is 11.3 Å². The highest BCUT2D eigenvalue weighted by molar-refractivity contribution is 6.30. The fourth-order valence-electron chi connectivity index (χ4n) is 2.39. The quantitative estimate of drug-likeness (QED) is 0.725. The summed E-state index contributed by atoms with van der Waals surface area (Å²) in [5, 5.41) is 4.99. The van der Waals surface area contributed by atoms with Gasteiger partial charge < -0.3 is 0 Å². The third-order valence-electron chi connectivity index (χ3n) is 3.48. The maximum Gasteiger partial charge on any atom is 0.303 e. The van der Waals surface area contributed by atoms with Crippen LogP contribution < -0.4 is 5.49 Å². The molecule has 0 N–H and O–H groups in total. The van der Waals surface area contributed by atoms with Crippen molar-refractivity contribution in [2.75, 3.05) is 0 Å². The van der Waals surface area contributed by atoms with E-state index in [1.807, 2.05) is 32.0 Å². The Morgan fingerprint density at radius 3 is 2.56 bits per heavy atom. The van der Waals surface area contributed by atoms with Crippen LogP contribution in [0.4, 0.5) is 0 Å². The van der Waals surface area contributed by atoms with Crippen LogP contribution in [0.3, 0.4) is 0 Å². The lowest BCUT2D eigenvalue weighted by Gasteiger charge is -2.04. The van der Waals surface area contributed by atoms with Gasteiger partial charge in [0.15, 0.2) is 0 Å². The zero-order chi connectivity index (χ0) is 18.0. The van der Waals surface area contributed by atoms with Crippen molar-refractivity contribution < 1.29 is 4.79 Å². The Morgan fingerprint density at radius 1 is 1.16 bits per heavy atom. The number of aryl methyl sites for hydroxylation is 1. The summed E-state index contributed by atoms with van der Waals surface area (Å²) in [6.07, 6.45) is 1.67. The molecule has 25 heavy (non-hydrogen) atoms. The van der Waals surface area contributed by atoms with E-state index in [0.29, 0.717) is 16.3 Å². The van der Waals surface area contributed by atoms with E-state index >= 15 is 0 Å². The molecule has 0 aliphatic carbocycles. The lowest BCUT2D eigenvalue weighted by molar-refractivity contribution is 0.0944. The van der Waals surface area contributed by atoms with Crippen LogP contribution >= 0.6 is 11.6 Å². The molecule has 3 aromatic rings. The predicted octanol–water partition coefficient (Wildman–Crippen LogP) is 3.03. The SMILES string of the molecule is Cc1nc(C(=O)n2ccccc2=NC(C)C)nn1-c1ccc(Cl)cc1. The zero-order valence-corrected chi connectivity index (χ0v) is 15.0. The molecular weight excluding hydrogens is 338 g/mol. The molecule has 0 spiro atoms. The smallest absolute Gasteiger partial charge is 0.265 e. The van der Waals surface area contributed by atoms with Crippen LogP contribution in [0.5, 0.6) is 0 Å². The highest BCUT2D eigenvalue weighted by Gasteiger charge is 2.17. The van der Waals surface area contributed by atoms with E-state index in [0.717, 1.165) is 5.69 Å². The Morgan fingerprint density at radius 2 is 1.88 bits per heavy atom. The largest absolute Gasteiger partial charge is 0.303 e. The minimum Gasteiger partial charge on any atom is -0.265 e. The van der Waals surface area contributed by atoms with Crippen molar-refractivity contribution in [2.24, 2.45) is 4.99 Å². The van der Waals surface area contributed by atoms with E-state index in [-0.39, 0.29) is 17.8 Å². The Labute approximate surface area is 150 Å². The number of benzene rings is 1. The number of nitrogens with zero attached hydrogens (tertiary/aromatic N) is 5. The second kappa shape index (κ2) is 7.03. The van der Waals surface area contributed by atoms with Gasteiger partial charge in [0.2, 0.25) is 5.82 Å². The summed E-state index contributed by atoms with van der Waals surface area (Å²) in [4.78, 5) is 21.6. The summed E-state index contributed by atoms with van der Waals surface area (Å²) in [5.74, 6) is 0.407. The topological polar surface area (TPSA) is 65.1 Å². The van der Waals surface area contributed by atoms with Crippen LogP contribution in [0, 0.1) is 6.92 Å². The van der Waals surface area contributed by atoms with Gasteiger partial charge in [-0.3, -0.25) is 14.4 Å². The molecular formula is C18H18ClN5O. The Balaban J connectivity index is 2.03. The molecule has 0 bridgehead atoms. The van der Waals surface area contributed by atoms with Crippen LogP contribution in [-0.4, -0.2) is 31.3 Å². The van der Waals surface area contributed by atoms with E-state index in [1.54, 1.807) is 42.1 Å². The van der Waals surface area contributed by atoms with Crippen molar-refractivity contribution >= 4 is 17.5 Å². The maximum atomic E-state index is 12.8. The van der Waals surface area contributed by atoms with Crippen LogP contribution in [0.2, 0.25) is 5.02 Å². The number of pyridine rings is 1. The Kier molecular flexibility index (Phi) is 4.81. The normalized spacial score (nSPS) is 12.0. The van der Waals surface area contributed by atoms with Gasteiger partial charge in [-0.1, -0.05) is 17.7 Å². The fourth-order valence-corrected chi connectivity index (χ4v) is 2.52. The van der Waals surface area contributed by atoms with Crippen molar-refractivity contribution in [3.63, 3.8) is 0 Å². The summed E-state index contributed by atoms with van der Waals surface area (Å²) in [7, 11) is 0. The van der Waals surface area contributed by atoms with Crippen molar-refractivity contribution in [3.05, 3.63) is 70.8 Å². The fraction of sp³-hybridized carbons (Fsp3) is 0.222. The van der Waals surface area contributed by atoms with Gasteiger partial charge in [0, 0.05) is 17.3 Å². The number of rotatable bonds is 3. The predicted molar refractivity (Wildman–Crippen MR) is 96.0 cm³/mol. The average molecular weight is 356 g/mol. The molecule has 0 fully saturated rings. The lowest BCUT2D eigenvalue weighted by Crippen LogP contribution is -2.29. The van der Waals surface area contributed by atoms with Gasteiger partial charge in [-0.15, -0.1) is 5.10 Å². The summed E-state index contributed by atoms with van der Waals surface area (Å²) in [6.45, 7) is 5.71. The zero-order valence-electron chi connectivity index (χ0n) is 14.2. The molecule has 7 heteroatoms. The number of halogens is 1. The van der Waals surface area contributed by atoms with E-state index in [9.17, 15) is 4.79 Å². The molecule has 0 aliphatic heterocycles. The third-order valence-corrected chi connectivity index (χ3v) is 3.73. The molecule has 3 rings (SSSR count). The standard InChI is InChI=1S/C18H18ClN5O/c1-12(2)20-16-6-4-5-11-23(16)18(25)17-21-13(3)24(22-17)15-9-7-14(19)8-10-15/h4-12H,1-3H3. The van der Waals surface area contributed by atoms with Gasteiger partial charge in [-0.2, -0.15) is 0 Å². The van der Waals surface area contributed by atoms with E-state index < -0.39 is 0 Å². The molecule has 0 aliphatic rings. The summed E-state index contributed by atoms with van der Waals surface area (Å²) in [6, 6.07) is 12.7. The van der Waals surface area contributed by atoms with Gasteiger partial charge in [0.05, 0.1) is 5.69 Å². The first kappa shape index (κ1) is 17.1. The number of hydrogen-bond acceptors (Lipinski definition) is 4. The average Bonchev–Trinajstić information content (AvgIpc) is 2.97. The monoisotopic (exact) mass is 355 g/mol. The number of carbonyl (C=O) groups excluding carboxylic acids is 1. The summed E-state index contributed by atoms with van der Waals surface area (Å²) >= 11 is 5.92. The first-order valence-electron chi connectivity index (χ1n) is 7.91. The molecule has 1 aromatic carbocycles. The molecule has 0 saturated carbocycles. The summed E-state index contributed by atoms with van der Waals surface area (Å²) < 4.78 is 3.08. The van der Waals surface area contributed by atoms with Crippen LogP contribution in [0.1, 0.15) is 30.3 Å². The van der Waals surface area contributed by atoms with Gasteiger partial charge in [-0.25, -0.2) is 9.67 Å². The number of carbonyl (C=O) groups is 1. The first-order valence-corrected chi connectivity index (χ1v) is 8.29. The van der Waals surface area contributed by atoms with Gasteiger partial charge in [-0.05, 0) is 57.2 Å². The molecule has 128 valence electrons. The van der Waals surface area contributed by atoms with Gasteiger partial charge in [0.25, 0.3) is 0 Å². The molecule has 0 amide bonds. The second-order valence-electron chi connectivity index (χ2n) is 5.83. The lowest BCUT2D eigenvalue weighted by atomic mass is 10.3. The second-order valence-corrected chi connectivity index (χ2v) is 6.26. The number of hydrogen-bond donors (Lipinski definition) is 0. The van der Waals surface area contributed by atoms with Gasteiger partial charge >= 0.3 is 5.91 Å². The highest BCUT2D eigenvalue weighted by Crippen LogP contribution is 2.14. The molecule has 0 unspecified atom stereocenters. The van der Waals surface area contributed by atoms with Crippen LogP contribution in [0.15, 0.2) is 53.7 Å². The molecule has 0 saturated heterocycles. The van der Waals surface area contributed by atoms with E-state index in [4.69, 9.17) is 11.6 Å². The minimum absolute atomic E-state index is 0.0720. The van der Waals surface area contributed by atoms with Crippen molar-refractivity contribution in [3.8, 4) is 5.69 Å². The third kappa shape index (κ3) is 3.69. The highest BCUT2D eigenvalue weighted by atomic mass is 35.5. The molecule has 0 atom stereocenters. The Bertz CT molecular complexity index is 970. The van der Waals surface area contributed by atoms with E-state index in [1.165, 1.54) is 4.57 Å². The molecule has 2 heterocycles. The maximum absolute atomic E-state index is 12.8. The van der Waals surface area contributed by atoms with Crippen LogP contribution in [0.25, 0.3) is 5.69 Å². The molecule has 2 aromatic heterocycles. The molecule has 6 nitrogen and oxygen atoms in total. The minimum atomic E-state index is -0.323. The summed E-state index contributed by atoms with van der Waals surface area (Å²) in [5.41, 5.74) is 1.36. The van der Waals surface area contributed by atoms with Crippen molar-refractivity contribution in [1.82, 2.24) is 19.3 Å². The van der Waals surface area contributed by atoms with Crippen molar-refractivity contribution in [1.29, 1.82) is 0 Å². The van der Waals surface area contributed by atoms with Crippen LogP contribution in [-0.2, 0) is 0 Å². The Hall–Kier alpha value is -2.73. The first-order chi connectivity index (χ1) is 12.0. The van der Waals surface area contributed by atoms with E-state index in [2.05, 4.69) is 15.1 Å². The number of aromatic nitrogens is 4.